The van der Waals surface area contributed by atoms with Gasteiger partial charge in [0.1, 0.15) is 0 Å². The van der Waals surface area contributed by atoms with E-state index in [0.29, 0.717) is 0 Å². The van der Waals surface area contributed by atoms with Gasteiger partial charge < -0.3 is 0 Å². The minimum absolute atomic E-state index is 0.954. The van der Waals surface area contributed by atoms with Gasteiger partial charge in [-0.3, -0.25) is 9.97 Å². The molecule has 222 valence electrons. The highest BCUT2D eigenvalue weighted by Gasteiger charge is 2.19. The number of fused-ring (bicyclic) bond motifs is 3. The van der Waals surface area contributed by atoms with E-state index < -0.39 is 0 Å². The van der Waals surface area contributed by atoms with E-state index in [1.165, 1.54) is 86.9 Å². The van der Waals surface area contributed by atoms with Crippen molar-refractivity contribution in [1.29, 1.82) is 0 Å². The monoisotopic (exact) mass is 608 g/mol. The van der Waals surface area contributed by atoms with E-state index in [1.54, 1.807) is 0 Å². The minimum Gasteiger partial charge on any atom is -0.251 e. The summed E-state index contributed by atoms with van der Waals surface area (Å²) in [6.45, 7) is 4.21. The highest BCUT2D eigenvalue weighted by molar-refractivity contribution is 6.28. The molecule has 9 aromatic carbocycles. The van der Waals surface area contributed by atoms with E-state index in [1.807, 2.05) is 0 Å². The summed E-state index contributed by atoms with van der Waals surface area (Å²) in [4.78, 5) is 10.4. The number of aryl methyl sites for hydroxylation is 2. The van der Waals surface area contributed by atoms with Gasteiger partial charge in [0.05, 0.1) is 11.0 Å². The Kier molecular flexibility index (Phi) is 5.01. The molecule has 11 aromatic rings. The lowest BCUT2D eigenvalue weighted by Crippen LogP contribution is -1.96. The number of hydrogen-bond donors (Lipinski definition) is 0. The van der Waals surface area contributed by atoms with Crippen LogP contribution in [0.25, 0.3) is 109 Å². The second kappa shape index (κ2) is 9.24. The van der Waals surface area contributed by atoms with Crippen LogP contribution in [-0.4, -0.2) is 9.97 Å². The Hall–Kier alpha value is -6.12. The van der Waals surface area contributed by atoms with Crippen LogP contribution in [0.5, 0.6) is 0 Å². The SMILES string of the molecule is Cc1cc(-c2ccc3ccc4cccc5ccc2c3c45)c2ccc3c(-c4ccc5ccc6cccc7ccc4c5c67)cc(C)nc3c2n1. The molecule has 0 aliphatic heterocycles. The van der Waals surface area contributed by atoms with Gasteiger partial charge >= 0.3 is 0 Å². The average Bonchev–Trinajstić information content (AvgIpc) is 3.12. The molecule has 0 aliphatic carbocycles. The third-order valence-corrected chi connectivity index (χ3v) is 10.7. The van der Waals surface area contributed by atoms with Crippen LogP contribution in [0.1, 0.15) is 11.4 Å². The Balaban J connectivity index is 1.21. The van der Waals surface area contributed by atoms with Crippen molar-refractivity contribution in [2.24, 2.45) is 0 Å². The van der Waals surface area contributed by atoms with Crippen molar-refractivity contribution in [3.8, 4) is 22.3 Å². The number of hydrogen-bond acceptors (Lipinski definition) is 2. The van der Waals surface area contributed by atoms with E-state index in [2.05, 4.69) is 147 Å². The molecule has 2 aromatic heterocycles. The van der Waals surface area contributed by atoms with Gasteiger partial charge in [0.2, 0.25) is 0 Å². The van der Waals surface area contributed by atoms with Crippen LogP contribution in [-0.2, 0) is 0 Å². The fraction of sp³-hybridized carbons (Fsp3) is 0.0435. The maximum atomic E-state index is 5.19. The molecule has 2 heterocycles. The van der Waals surface area contributed by atoms with Gasteiger partial charge in [0, 0.05) is 22.2 Å². The summed E-state index contributed by atoms with van der Waals surface area (Å²) in [5, 5.41) is 17.8. The van der Waals surface area contributed by atoms with Crippen molar-refractivity contribution < 1.29 is 0 Å². The Morgan fingerprint density at radius 1 is 0.312 bits per heavy atom. The third kappa shape index (κ3) is 3.41. The van der Waals surface area contributed by atoms with Crippen molar-refractivity contribution in [3.05, 3.63) is 145 Å². The molecule has 0 atom stereocenters. The highest BCUT2D eigenvalue weighted by Crippen LogP contribution is 2.44. The van der Waals surface area contributed by atoms with Crippen molar-refractivity contribution in [3.63, 3.8) is 0 Å². The molecule has 0 saturated carbocycles. The van der Waals surface area contributed by atoms with Gasteiger partial charge in [0.15, 0.2) is 0 Å². The molecule has 11 rings (SSSR count). The van der Waals surface area contributed by atoms with Crippen molar-refractivity contribution in [2.75, 3.05) is 0 Å². The number of benzene rings is 9. The highest BCUT2D eigenvalue weighted by atomic mass is 14.8. The van der Waals surface area contributed by atoms with Crippen LogP contribution < -0.4 is 0 Å². The van der Waals surface area contributed by atoms with E-state index in [-0.39, 0.29) is 0 Å². The first-order valence-corrected chi connectivity index (χ1v) is 16.7. The Labute approximate surface area is 276 Å². The fourth-order valence-corrected chi connectivity index (χ4v) is 8.62. The average molecular weight is 609 g/mol. The molecule has 2 heteroatoms. The zero-order valence-electron chi connectivity index (χ0n) is 26.6. The molecule has 0 saturated heterocycles. The number of nitrogens with zero attached hydrogens (tertiary/aromatic N) is 2. The standard InChI is InChI=1S/C46H28N2/c1-25-23-39(33-17-13-31-11-9-27-5-3-7-29-15-19-35(33)43(31)41(27)29)37-21-22-38-40(24-26(2)48-46(38)45(37)47-25)34-18-14-32-12-10-28-6-4-8-30-16-20-36(34)44(32)42(28)30/h3-24H,1-2H3. The van der Waals surface area contributed by atoms with Crippen molar-refractivity contribution >= 4 is 86.4 Å². The fourth-order valence-electron chi connectivity index (χ4n) is 8.62. The van der Waals surface area contributed by atoms with Crippen LogP contribution in [0.15, 0.2) is 133 Å². The molecular weight excluding hydrogens is 581 g/mol. The number of aromatic nitrogens is 2. The first kappa shape index (κ1) is 26.0. The lowest BCUT2D eigenvalue weighted by molar-refractivity contribution is 1.23. The topological polar surface area (TPSA) is 25.8 Å². The molecule has 0 bridgehead atoms. The Morgan fingerprint density at radius 3 is 1.06 bits per heavy atom. The summed E-state index contributed by atoms with van der Waals surface area (Å²) in [7, 11) is 0. The van der Waals surface area contributed by atoms with Gasteiger partial charge in [-0.25, -0.2) is 0 Å². The molecule has 0 radical (unpaired) electrons. The maximum absolute atomic E-state index is 5.19. The van der Waals surface area contributed by atoms with Crippen LogP contribution in [0.3, 0.4) is 0 Å². The molecule has 48 heavy (non-hydrogen) atoms. The van der Waals surface area contributed by atoms with Gasteiger partial charge in [-0.2, -0.15) is 0 Å². The quantitative estimate of drug-likeness (QED) is 0.182. The second-order valence-electron chi connectivity index (χ2n) is 13.4. The smallest absolute Gasteiger partial charge is 0.0974 e. The molecule has 2 nitrogen and oxygen atoms in total. The molecule has 0 N–H and O–H groups in total. The summed E-state index contributed by atoms with van der Waals surface area (Å²) >= 11 is 0. The molecule has 0 amide bonds. The third-order valence-electron chi connectivity index (χ3n) is 10.7. The van der Waals surface area contributed by atoms with Gasteiger partial charge in [0.25, 0.3) is 0 Å². The zero-order chi connectivity index (χ0) is 31.7. The molecule has 0 fully saturated rings. The van der Waals surface area contributed by atoms with E-state index in [0.717, 1.165) is 33.2 Å². The van der Waals surface area contributed by atoms with Gasteiger partial charge in [-0.15, -0.1) is 0 Å². The van der Waals surface area contributed by atoms with E-state index in [4.69, 9.17) is 9.97 Å². The molecule has 0 aliphatic rings. The van der Waals surface area contributed by atoms with Crippen LogP contribution in [0.2, 0.25) is 0 Å². The normalized spacial score (nSPS) is 12.4. The summed E-state index contributed by atoms with van der Waals surface area (Å²) in [6.07, 6.45) is 0. The summed E-state index contributed by atoms with van der Waals surface area (Å²) in [6, 6.07) is 49.5. The Morgan fingerprint density at radius 2 is 0.646 bits per heavy atom. The van der Waals surface area contributed by atoms with Crippen LogP contribution in [0.4, 0.5) is 0 Å². The van der Waals surface area contributed by atoms with Crippen LogP contribution in [0, 0.1) is 13.8 Å². The Bertz CT molecular complexity index is 2890. The summed E-state index contributed by atoms with van der Waals surface area (Å²) < 4.78 is 0. The summed E-state index contributed by atoms with van der Waals surface area (Å²) in [5.74, 6) is 0. The lowest BCUT2D eigenvalue weighted by atomic mass is 9.87. The van der Waals surface area contributed by atoms with Gasteiger partial charge in [-0.1, -0.05) is 121 Å². The molecule has 0 unspecified atom stereocenters. The lowest BCUT2D eigenvalue weighted by Gasteiger charge is -2.18. The summed E-state index contributed by atoms with van der Waals surface area (Å²) in [5.41, 5.74) is 8.75. The number of rotatable bonds is 2. The predicted octanol–water partition coefficient (Wildman–Crippen LogP) is 12.5. The molecular formula is C46H28N2. The maximum Gasteiger partial charge on any atom is 0.0974 e. The van der Waals surface area contributed by atoms with Crippen molar-refractivity contribution in [1.82, 2.24) is 9.97 Å². The van der Waals surface area contributed by atoms with E-state index >= 15 is 0 Å². The minimum atomic E-state index is 0.954. The van der Waals surface area contributed by atoms with Crippen LogP contribution >= 0.6 is 0 Å². The van der Waals surface area contributed by atoms with Gasteiger partial charge in [-0.05, 0) is 113 Å². The number of pyridine rings is 2. The van der Waals surface area contributed by atoms with Crippen molar-refractivity contribution in [2.45, 2.75) is 13.8 Å². The first-order chi connectivity index (χ1) is 23.6. The largest absolute Gasteiger partial charge is 0.251 e. The zero-order valence-corrected chi connectivity index (χ0v) is 26.6. The van der Waals surface area contributed by atoms with E-state index in [9.17, 15) is 0 Å². The molecule has 0 spiro atoms. The second-order valence-corrected chi connectivity index (χ2v) is 13.4. The predicted molar refractivity (Wildman–Crippen MR) is 205 cm³/mol. The first-order valence-electron chi connectivity index (χ1n) is 16.7.